The van der Waals surface area contributed by atoms with E-state index in [1.807, 2.05) is 12.1 Å². The van der Waals surface area contributed by atoms with Crippen LogP contribution in [-0.2, 0) is 17.8 Å². The number of hydrogen-bond donors (Lipinski definition) is 1. The maximum absolute atomic E-state index is 12.0. The minimum absolute atomic E-state index is 0.106. The molecule has 0 unspecified atom stereocenters. The highest BCUT2D eigenvalue weighted by Gasteiger charge is 2.20. The smallest absolute Gasteiger partial charge is 0.234 e. The molecule has 2 rings (SSSR count). The van der Waals surface area contributed by atoms with Crippen LogP contribution >= 0.6 is 0 Å². The van der Waals surface area contributed by atoms with Crippen molar-refractivity contribution in [3.8, 4) is 11.5 Å². The van der Waals surface area contributed by atoms with Gasteiger partial charge in [-0.2, -0.15) is 0 Å². The van der Waals surface area contributed by atoms with Crippen molar-refractivity contribution < 1.29 is 14.3 Å². The van der Waals surface area contributed by atoms with Gasteiger partial charge >= 0.3 is 0 Å². The lowest BCUT2D eigenvalue weighted by molar-refractivity contribution is -0.122. The number of benzene rings is 1. The Morgan fingerprint density at radius 1 is 1.22 bits per heavy atom. The number of carbonyl (C=O) groups excluding carboxylic acids is 1. The summed E-state index contributed by atoms with van der Waals surface area (Å²) in [6.07, 6.45) is 1.94. The molecule has 0 fully saturated rings. The van der Waals surface area contributed by atoms with E-state index in [0.29, 0.717) is 12.5 Å². The van der Waals surface area contributed by atoms with Crippen LogP contribution in [0.4, 0.5) is 0 Å². The van der Waals surface area contributed by atoms with Crippen molar-refractivity contribution in [1.82, 2.24) is 10.2 Å². The molecule has 1 amide bonds. The number of fused-ring (bicyclic) bond motifs is 1. The fourth-order valence-corrected chi connectivity index (χ4v) is 2.84. The molecule has 1 aliphatic rings. The van der Waals surface area contributed by atoms with Crippen LogP contribution in [0.5, 0.6) is 11.5 Å². The second-order valence-electron chi connectivity index (χ2n) is 6.47. The Hall–Kier alpha value is -1.75. The number of methoxy groups -OCH3 is 2. The van der Waals surface area contributed by atoms with Gasteiger partial charge in [0.25, 0.3) is 0 Å². The minimum Gasteiger partial charge on any atom is -0.493 e. The summed E-state index contributed by atoms with van der Waals surface area (Å²) in [6.45, 7) is 7.19. The van der Waals surface area contributed by atoms with Crippen molar-refractivity contribution in [2.45, 2.75) is 33.2 Å². The summed E-state index contributed by atoms with van der Waals surface area (Å²) < 4.78 is 10.7. The summed E-state index contributed by atoms with van der Waals surface area (Å²) in [4.78, 5) is 14.2. The highest BCUT2D eigenvalue weighted by molar-refractivity contribution is 5.78. The summed E-state index contributed by atoms with van der Waals surface area (Å²) in [5.74, 6) is 2.23. The van der Waals surface area contributed by atoms with Crippen LogP contribution in [0.15, 0.2) is 12.1 Å². The van der Waals surface area contributed by atoms with Crippen LogP contribution in [0.1, 0.15) is 31.4 Å². The summed E-state index contributed by atoms with van der Waals surface area (Å²) in [5, 5.41) is 3.00. The first-order valence-corrected chi connectivity index (χ1v) is 8.26. The molecule has 23 heavy (non-hydrogen) atoms. The van der Waals surface area contributed by atoms with Gasteiger partial charge in [0.1, 0.15) is 0 Å². The Morgan fingerprint density at radius 2 is 1.87 bits per heavy atom. The summed E-state index contributed by atoms with van der Waals surface area (Å²) in [7, 11) is 3.30. The van der Waals surface area contributed by atoms with Gasteiger partial charge in [-0.05, 0) is 42.0 Å². The third-order valence-corrected chi connectivity index (χ3v) is 4.21. The molecule has 1 aliphatic heterocycles. The van der Waals surface area contributed by atoms with E-state index < -0.39 is 0 Å². The maximum atomic E-state index is 12.0. The predicted octanol–water partition coefficient (Wildman–Crippen LogP) is 2.22. The fourth-order valence-electron chi connectivity index (χ4n) is 2.84. The second kappa shape index (κ2) is 8.20. The molecule has 0 bridgehead atoms. The highest BCUT2D eigenvalue weighted by atomic mass is 16.5. The molecular formula is C18H28N2O3. The topological polar surface area (TPSA) is 50.8 Å². The number of amides is 1. The molecule has 1 aromatic carbocycles. The third kappa shape index (κ3) is 4.86. The van der Waals surface area contributed by atoms with Crippen molar-refractivity contribution in [2.75, 3.05) is 33.9 Å². The lowest BCUT2D eigenvalue weighted by Gasteiger charge is -2.29. The van der Waals surface area contributed by atoms with Crippen LogP contribution in [0.3, 0.4) is 0 Å². The van der Waals surface area contributed by atoms with Crippen molar-refractivity contribution in [1.29, 1.82) is 0 Å². The van der Waals surface area contributed by atoms with Crippen LogP contribution in [-0.4, -0.2) is 44.7 Å². The van der Waals surface area contributed by atoms with Gasteiger partial charge in [-0.3, -0.25) is 9.69 Å². The molecule has 0 saturated heterocycles. The Balaban J connectivity index is 1.93. The zero-order valence-corrected chi connectivity index (χ0v) is 14.6. The Labute approximate surface area is 139 Å². The van der Waals surface area contributed by atoms with Crippen molar-refractivity contribution >= 4 is 5.91 Å². The molecule has 0 aromatic heterocycles. The molecule has 0 spiro atoms. The highest BCUT2D eigenvalue weighted by Crippen LogP contribution is 2.33. The van der Waals surface area contributed by atoms with E-state index in [4.69, 9.17) is 9.47 Å². The first kappa shape index (κ1) is 17.6. The minimum atomic E-state index is 0.106. The van der Waals surface area contributed by atoms with E-state index in [-0.39, 0.29) is 5.91 Å². The number of ether oxygens (including phenoxy) is 2. The lowest BCUT2D eigenvalue weighted by atomic mass is 9.99. The van der Waals surface area contributed by atoms with E-state index in [1.54, 1.807) is 14.2 Å². The van der Waals surface area contributed by atoms with Gasteiger partial charge in [-0.1, -0.05) is 13.8 Å². The molecule has 5 nitrogen and oxygen atoms in total. The number of hydrogen-bond acceptors (Lipinski definition) is 4. The van der Waals surface area contributed by atoms with Crippen LogP contribution in [0, 0.1) is 5.92 Å². The average Bonchev–Trinajstić information content (AvgIpc) is 2.53. The van der Waals surface area contributed by atoms with E-state index in [1.165, 1.54) is 11.1 Å². The van der Waals surface area contributed by atoms with Gasteiger partial charge in [0, 0.05) is 19.6 Å². The number of rotatable bonds is 7. The second-order valence-corrected chi connectivity index (χ2v) is 6.47. The van der Waals surface area contributed by atoms with Crippen LogP contribution in [0.2, 0.25) is 0 Å². The predicted molar refractivity (Wildman–Crippen MR) is 91.0 cm³/mol. The molecule has 128 valence electrons. The van der Waals surface area contributed by atoms with E-state index in [0.717, 1.165) is 44.0 Å². The molecule has 5 heteroatoms. The molecule has 0 aliphatic carbocycles. The average molecular weight is 320 g/mol. The number of nitrogens with one attached hydrogen (secondary N) is 1. The van der Waals surface area contributed by atoms with Gasteiger partial charge in [0.05, 0.1) is 20.8 Å². The lowest BCUT2D eigenvalue weighted by Crippen LogP contribution is -2.40. The molecule has 1 heterocycles. The fraction of sp³-hybridized carbons (Fsp3) is 0.611. The standard InChI is InChI=1S/C18H28N2O3/c1-13(2)5-7-19-18(21)12-20-8-6-14-9-16(22-3)17(23-4)10-15(14)11-20/h9-10,13H,5-8,11-12H2,1-4H3,(H,19,21). The number of carbonyl (C=O) groups is 1. The van der Waals surface area contributed by atoms with Crippen LogP contribution < -0.4 is 14.8 Å². The zero-order chi connectivity index (χ0) is 16.8. The van der Waals surface area contributed by atoms with E-state index in [2.05, 4.69) is 24.1 Å². The Bertz CT molecular complexity index is 543. The monoisotopic (exact) mass is 320 g/mol. The summed E-state index contributed by atoms with van der Waals surface area (Å²) in [5.41, 5.74) is 2.49. The summed E-state index contributed by atoms with van der Waals surface area (Å²) >= 11 is 0. The molecule has 1 N–H and O–H groups in total. The first-order valence-electron chi connectivity index (χ1n) is 8.26. The number of nitrogens with zero attached hydrogens (tertiary/aromatic N) is 1. The normalized spacial score (nSPS) is 14.5. The van der Waals surface area contributed by atoms with E-state index >= 15 is 0 Å². The first-order chi connectivity index (χ1) is 11.0. The van der Waals surface area contributed by atoms with Gasteiger partial charge in [-0.25, -0.2) is 0 Å². The third-order valence-electron chi connectivity index (χ3n) is 4.21. The van der Waals surface area contributed by atoms with Crippen molar-refractivity contribution in [3.63, 3.8) is 0 Å². The maximum Gasteiger partial charge on any atom is 0.234 e. The molecule has 0 saturated carbocycles. The molecule has 0 radical (unpaired) electrons. The zero-order valence-electron chi connectivity index (χ0n) is 14.6. The molecule has 1 aromatic rings. The van der Waals surface area contributed by atoms with Gasteiger partial charge < -0.3 is 14.8 Å². The van der Waals surface area contributed by atoms with Gasteiger partial charge in [0.15, 0.2) is 11.5 Å². The largest absolute Gasteiger partial charge is 0.493 e. The van der Waals surface area contributed by atoms with Crippen LogP contribution in [0.25, 0.3) is 0 Å². The Kier molecular flexibility index (Phi) is 6.28. The summed E-state index contributed by atoms with van der Waals surface area (Å²) in [6, 6.07) is 4.07. The van der Waals surface area contributed by atoms with E-state index in [9.17, 15) is 4.79 Å². The molecule has 0 atom stereocenters. The molecular weight excluding hydrogens is 292 g/mol. The Morgan fingerprint density at radius 3 is 2.48 bits per heavy atom. The van der Waals surface area contributed by atoms with Gasteiger partial charge in [-0.15, -0.1) is 0 Å². The van der Waals surface area contributed by atoms with Gasteiger partial charge in [0.2, 0.25) is 5.91 Å². The van der Waals surface area contributed by atoms with Crippen molar-refractivity contribution in [2.24, 2.45) is 5.92 Å². The quantitative estimate of drug-likeness (QED) is 0.837. The SMILES string of the molecule is COc1cc2c(cc1OC)CN(CC(=O)NCCC(C)C)CC2. The van der Waals surface area contributed by atoms with Crippen molar-refractivity contribution in [3.05, 3.63) is 23.3 Å².